The molecule has 2 aromatic rings. The summed E-state index contributed by atoms with van der Waals surface area (Å²) in [5.74, 6) is -0.345. The van der Waals surface area contributed by atoms with E-state index in [0.717, 1.165) is 17.7 Å². The van der Waals surface area contributed by atoms with E-state index < -0.39 is 0 Å². The van der Waals surface area contributed by atoms with Crippen LogP contribution < -0.4 is 10.9 Å². The van der Waals surface area contributed by atoms with Crippen LogP contribution in [0, 0.1) is 6.92 Å². The lowest BCUT2D eigenvalue weighted by Crippen LogP contribution is -2.35. The van der Waals surface area contributed by atoms with E-state index in [9.17, 15) is 9.59 Å². The van der Waals surface area contributed by atoms with Crippen molar-refractivity contribution >= 4 is 5.91 Å². The average molecular weight is 299 g/mol. The van der Waals surface area contributed by atoms with Gasteiger partial charge in [0.05, 0.1) is 6.04 Å². The lowest BCUT2D eigenvalue weighted by Gasteiger charge is -2.17. The summed E-state index contributed by atoms with van der Waals surface area (Å²) < 4.78 is 1.60. The maximum absolute atomic E-state index is 12.4. The van der Waals surface area contributed by atoms with Crippen molar-refractivity contribution in [2.45, 2.75) is 39.8 Å². The maximum atomic E-state index is 12.4. The molecule has 0 bridgehead atoms. The molecule has 22 heavy (non-hydrogen) atoms. The Hall–Kier alpha value is -2.43. The summed E-state index contributed by atoms with van der Waals surface area (Å²) in [4.78, 5) is 28.9. The second-order valence-electron chi connectivity index (χ2n) is 5.16. The minimum absolute atomic E-state index is 0.156. The number of hydrogen-bond donors (Lipinski definition) is 1. The van der Waals surface area contributed by atoms with Crippen molar-refractivity contribution in [3.8, 4) is 0 Å². The molecule has 2 heterocycles. The predicted octanol–water partition coefficient (Wildman–Crippen LogP) is 2.45. The molecule has 0 aliphatic rings. The number of nitrogens with one attached hydrogen (secondary N) is 1. The number of pyridine rings is 2. The molecule has 0 unspecified atom stereocenters. The molecule has 0 fully saturated rings. The van der Waals surface area contributed by atoms with Gasteiger partial charge in [-0.3, -0.25) is 14.6 Å². The van der Waals surface area contributed by atoms with Crippen molar-refractivity contribution in [1.29, 1.82) is 0 Å². The number of aryl methyl sites for hydroxylation is 1. The molecule has 5 nitrogen and oxygen atoms in total. The molecule has 2 rings (SSSR count). The van der Waals surface area contributed by atoms with Crippen molar-refractivity contribution in [3.05, 3.63) is 63.8 Å². The van der Waals surface area contributed by atoms with Crippen LogP contribution in [-0.2, 0) is 6.54 Å². The van der Waals surface area contributed by atoms with Gasteiger partial charge < -0.3 is 9.88 Å². The summed E-state index contributed by atoms with van der Waals surface area (Å²) in [5.41, 5.74) is 1.71. The number of amides is 1. The number of rotatable bonds is 5. The molecule has 1 atom stereocenters. The molecule has 0 aliphatic heterocycles. The van der Waals surface area contributed by atoms with Crippen LogP contribution in [0.5, 0.6) is 0 Å². The Balaban J connectivity index is 2.27. The standard InChI is InChI=1S/C17H21N3O2/c1-4-15(13-7-6-10-18-11-13)19-16(21)14-9-8-12(3)20(5-2)17(14)22/h6-11,15H,4-5H2,1-3H3,(H,19,21)/t15-/m0/s1. The summed E-state index contributed by atoms with van der Waals surface area (Å²) in [7, 11) is 0. The van der Waals surface area contributed by atoms with Gasteiger partial charge in [-0.15, -0.1) is 0 Å². The number of aromatic nitrogens is 2. The molecule has 0 aliphatic carbocycles. The molecule has 5 heteroatoms. The van der Waals surface area contributed by atoms with E-state index in [-0.39, 0.29) is 23.1 Å². The molecule has 1 N–H and O–H groups in total. The Labute approximate surface area is 130 Å². The second-order valence-corrected chi connectivity index (χ2v) is 5.16. The van der Waals surface area contributed by atoms with E-state index in [1.54, 1.807) is 29.1 Å². The average Bonchev–Trinajstić information content (AvgIpc) is 2.53. The molecule has 1 amide bonds. The molecular weight excluding hydrogens is 278 g/mol. The van der Waals surface area contributed by atoms with Gasteiger partial charge in [-0.2, -0.15) is 0 Å². The van der Waals surface area contributed by atoms with E-state index in [1.165, 1.54) is 0 Å². The van der Waals surface area contributed by atoms with Crippen LogP contribution >= 0.6 is 0 Å². The highest BCUT2D eigenvalue weighted by molar-refractivity contribution is 5.94. The first kappa shape index (κ1) is 15.9. The number of carbonyl (C=O) groups is 1. The third kappa shape index (κ3) is 3.24. The Bertz CT molecular complexity index is 708. The Morgan fingerprint density at radius 2 is 2.09 bits per heavy atom. The van der Waals surface area contributed by atoms with Crippen molar-refractivity contribution < 1.29 is 4.79 Å². The Kier molecular flexibility index (Phi) is 5.09. The first-order valence-corrected chi connectivity index (χ1v) is 7.49. The summed E-state index contributed by atoms with van der Waals surface area (Å²) in [6, 6.07) is 6.98. The highest BCUT2D eigenvalue weighted by atomic mass is 16.2. The first-order valence-electron chi connectivity index (χ1n) is 7.49. The predicted molar refractivity (Wildman–Crippen MR) is 85.8 cm³/mol. The third-order valence-corrected chi connectivity index (χ3v) is 3.75. The van der Waals surface area contributed by atoms with Crippen LogP contribution in [0.2, 0.25) is 0 Å². The van der Waals surface area contributed by atoms with Crippen molar-refractivity contribution in [3.63, 3.8) is 0 Å². The zero-order valence-electron chi connectivity index (χ0n) is 13.2. The maximum Gasteiger partial charge on any atom is 0.263 e. The van der Waals surface area contributed by atoms with Gasteiger partial charge in [0, 0.05) is 24.6 Å². The molecular formula is C17H21N3O2. The Morgan fingerprint density at radius 3 is 2.68 bits per heavy atom. The molecule has 2 aromatic heterocycles. The number of hydrogen-bond acceptors (Lipinski definition) is 3. The minimum Gasteiger partial charge on any atom is -0.345 e. The van der Waals surface area contributed by atoms with Gasteiger partial charge in [0.2, 0.25) is 0 Å². The van der Waals surface area contributed by atoms with E-state index >= 15 is 0 Å². The lowest BCUT2D eigenvalue weighted by atomic mass is 10.1. The van der Waals surface area contributed by atoms with Crippen LogP contribution in [0.1, 0.15) is 47.9 Å². The van der Waals surface area contributed by atoms with Crippen LogP contribution in [-0.4, -0.2) is 15.5 Å². The fraction of sp³-hybridized carbons (Fsp3) is 0.353. The quantitative estimate of drug-likeness (QED) is 0.922. The van der Waals surface area contributed by atoms with Gasteiger partial charge in [-0.1, -0.05) is 13.0 Å². The fourth-order valence-electron chi connectivity index (χ4n) is 2.48. The van der Waals surface area contributed by atoms with Crippen LogP contribution in [0.15, 0.2) is 41.5 Å². The van der Waals surface area contributed by atoms with Crippen molar-refractivity contribution in [2.75, 3.05) is 0 Å². The lowest BCUT2D eigenvalue weighted by molar-refractivity contribution is 0.0933. The third-order valence-electron chi connectivity index (χ3n) is 3.75. The smallest absolute Gasteiger partial charge is 0.263 e. The molecule has 116 valence electrons. The van der Waals surface area contributed by atoms with Gasteiger partial charge >= 0.3 is 0 Å². The molecule has 0 spiro atoms. The van der Waals surface area contributed by atoms with Crippen LogP contribution in [0.4, 0.5) is 0 Å². The zero-order valence-corrected chi connectivity index (χ0v) is 13.2. The van der Waals surface area contributed by atoms with Crippen LogP contribution in [0.25, 0.3) is 0 Å². The van der Waals surface area contributed by atoms with Gasteiger partial charge in [-0.25, -0.2) is 0 Å². The topological polar surface area (TPSA) is 64.0 Å². The van der Waals surface area contributed by atoms with E-state index in [0.29, 0.717) is 6.54 Å². The highest BCUT2D eigenvalue weighted by Crippen LogP contribution is 2.15. The van der Waals surface area contributed by atoms with Gasteiger partial charge in [-0.05, 0) is 44.0 Å². The molecule has 0 saturated carbocycles. The summed E-state index contributed by atoms with van der Waals surface area (Å²) in [6.45, 7) is 6.28. The highest BCUT2D eigenvalue weighted by Gasteiger charge is 2.17. The first-order chi connectivity index (χ1) is 10.6. The monoisotopic (exact) mass is 299 g/mol. The van der Waals surface area contributed by atoms with E-state index in [4.69, 9.17) is 0 Å². The van der Waals surface area contributed by atoms with Crippen molar-refractivity contribution in [2.24, 2.45) is 0 Å². The number of nitrogens with zero attached hydrogens (tertiary/aromatic N) is 2. The molecule has 0 saturated heterocycles. The SMILES string of the molecule is CC[C@H](NC(=O)c1ccc(C)n(CC)c1=O)c1cccnc1. The van der Waals surface area contributed by atoms with Crippen molar-refractivity contribution in [1.82, 2.24) is 14.9 Å². The Morgan fingerprint density at radius 1 is 1.32 bits per heavy atom. The van der Waals surface area contributed by atoms with Gasteiger partial charge in [0.15, 0.2) is 0 Å². The minimum atomic E-state index is -0.345. The summed E-state index contributed by atoms with van der Waals surface area (Å²) in [6.07, 6.45) is 4.15. The van der Waals surface area contributed by atoms with Gasteiger partial charge in [0.25, 0.3) is 11.5 Å². The zero-order chi connectivity index (χ0) is 16.1. The summed E-state index contributed by atoms with van der Waals surface area (Å²) in [5, 5.41) is 2.92. The second kappa shape index (κ2) is 7.02. The normalized spacial score (nSPS) is 12.0. The van der Waals surface area contributed by atoms with E-state index in [2.05, 4.69) is 10.3 Å². The number of carbonyl (C=O) groups excluding carboxylic acids is 1. The largest absolute Gasteiger partial charge is 0.345 e. The van der Waals surface area contributed by atoms with E-state index in [1.807, 2.05) is 32.9 Å². The van der Waals surface area contributed by atoms with Crippen LogP contribution in [0.3, 0.4) is 0 Å². The molecule has 0 aromatic carbocycles. The van der Waals surface area contributed by atoms with Gasteiger partial charge in [0.1, 0.15) is 5.56 Å². The molecule has 0 radical (unpaired) electrons. The fourth-order valence-corrected chi connectivity index (χ4v) is 2.48. The summed E-state index contributed by atoms with van der Waals surface area (Å²) >= 11 is 0.